The van der Waals surface area contributed by atoms with Gasteiger partial charge in [0.1, 0.15) is 19.0 Å². The van der Waals surface area contributed by atoms with E-state index in [0.717, 1.165) is 0 Å². The maximum absolute atomic E-state index is 12.4. The summed E-state index contributed by atoms with van der Waals surface area (Å²) in [5.41, 5.74) is 5.70. The molecular formula is C19H19N3O6. The zero-order chi connectivity index (χ0) is 19.7. The van der Waals surface area contributed by atoms with Crippen molar-refractivity contribution in [1.82, 2.24) is 10.9 Å². The highest BCUT2D eigenvalue weighted by Crippen LogP contribution is 2.35. The Kier molecular flexibility index (Phi) is 4.64. The number of furan rings is 1. The first-order chi connectivity index (χ1) is 13.5. The first-order valence-corrected chi connectivity index (χ1v) is 8.87. The minimum Gasteiger partial charge on any atom is -0.486 e. The summed E-state index contributed by atoms with van der Waals surface area (Å²) in [6.07, 6.45) is 1.45. The molecular weight excluding hydrogens is 366 g/mol. The molecule has 146 valence electrons. The first kappa shape index (κ1) is 17.9. The Labute approximate surface area is 160 Å². The van der Waals surface area contributed by atoms with E-state index in [1.54, 1.807) is 25.1 Å². The third-order valence-electron chi connectivity index (χ3n) is 4.74. The van der Waals surface area contributed by atoms with E-state index in [1.807, 2.05) is 0 Å². The number of nitrogens with zero attached hydrogens (tertiary/aromatic N) is 1. The maximum Gasteiger partial charge on any atom is 0.273 e. The third-order valence-corrected chi connectivity index (χ3v) is 4.74. The molecule has 2 N–H and O–H groups in total. The number of carbonyl (C=O) groups is 3. The minimum atomic E-state index is -0.577. The first-order valence-electron chi connectivity index (χ1n) is 8.87. The minimum absolute atomic E-state index is 0.0564. The number of fused-ring (bicyclic) bond motifs is 1. The fourth-order valence-electron chi connectivity index (χ4n) is 3.24. The van der Waals surface area contributed by atoms with Crippen molar-refractivity contribution >= 4 is 23.4 Å². The van der Waals surface area contributed by atoms with Gasteiger partial charge in [0, 0.05) is 24.7 Å². The van der Waals surface area contributed by atoms with Crippen molar-refractivity contribution in [3.63, 3.8) is 0 Å². The molecule has 1 atom stereocenters. The Morgan fingerprint density at radius 1 is 1.11 bits per heavy atom. The largest absolute Gasteiger partial charge is 0.486 e. The normalized spacial score (nSPS) is 18.1. The molecule has 3 amide bonds. The summed E-state index contributed by atoms with van der Waals surface area (Å²) in [4.78, 5) is 38.4. The van der Waals surface area contributed by atoms with E-state index in [4.69, 9.17) is 13.9 Å². The fourth-order valence-corrected chi connectivity index (χ4v) is 3.24. The van der Waals surface area contributed by atoms with Crippen LogP contribution in [0.3, 0.4) is 0 Å². The van der Waals surface area contributed by atoms with Crippen molar-refractivity contribution in [2.75, 3.05) is 24.7 Å². The van der Waals surface area contributed by atoms with Gasteiger partial charge < -0.3 is 18.8 Å². The zero-order valence-corrected chi connectivity index (χ0v) is 15.2. The molecule has 0 aliphatic carbocycles. The second-order valence-corrected chi connectivity index (χ2v) is 6.57. The lowest BCUT2D eigenvalue weighted by molar-refractivity contribution is -0.126. The van der Waals surface area contributed by atoms with E-state index in [-0.39, 0.29) is 18.9 Å². The van der Waals surface area contributed by atoms with Crippen LogP contribution in [0.1, 0.15) is 22.5 Å². The van der Waals surface area contributed by atoms with Crippen LogP contribution in [0.25, 0.3) is 0 Å². The molecule has 0 radical (unpaired) electrons. The van der Waals surface area contributed by atoms with E-state index < -0.39 is 17.7 Å². The lowest BCUT2D eigenvalue weighted by Crippen LogP contribution is -2.45. The van der Waals surface area contributed by atoms with Crippen LogP contribution in [0.5, 0.6) is 11.5 Å². The molecule has 1 aromatic heterocycles. The standard InChI is InChI=1S/C19H19N3O6/c1-11-14(4-5-26-11)19(25)21-20-18(24)12-8-17(23)22(10-12)13-2-3-15-16(9-13)28-7-6-27-15/h2-5,9,12H,6-8,10H2,1H3,(H,20,24)(H,21,25)/t12-/m0/s1. The van der Waals surface area contributed by atoms with Crippen LogP contribution in [0.15, 0.2) is 34.9 Å². The number of anilines is 1. The molecule has 1 fully saturated rings. The molecule has 2 aliphatic rings. The predicted octanol–water partition coefficient (Wildman–Crippen LogP) is 1.17. The number of nitrogens with one attached hydrogen (secondary N) is 2. The lowest BCUT2D eigenvalue weighted by Gasteiger charge is -2.22. The van der Waals surface area contributed by atoms with E-state index in [1.165, 1.54) is 17.2 Å². The number of benzene rings is 1. The van der Waals surface area contributed by atoms with Crippen LogP contribution < -0.4 is 25.2 Å². The number of aryl methyl sites for hydroxylation is 1. The van der Waals surface area contributed by atoms with Gasteiger partial charge in [-0.1, -0.05) is 0 Å². The Bertz CT molecular complexity index is 938. The van der Waals surface area contributed by atoms with Gasteiger partial charge in [0.15, 0.2) is 11.5 Å². The molecule has 0 saturated carbocycles. The number of ether oxygens (including phenoxy) is 2. The topological polar surface area (TPSA) is 110 Å². The van der Waals surface area contributed by atoms with Crippen molar-refractivity contribution in [1.29, 1.82) is 0 Å². The van der Waals surface area contributed by atoms with Crippen LogP contribution in [0, 0.1) is 12.8 Å². The van der Waals surface area contributed by atoms with Gasteiger partial charge in [-0.05, 0) is 25.1 Å². The van der Waals surface area contributed by atoms with Gasteiger partial charge in [-0.15, -0.1) is 0 Å². The number of carbonyl (C=O) groups excluding carboxylic acids is 3. The van der Waals surface area contributed by atoms with Crippen molar-refractivity contribution in [2.24, 2.45) is 5.92 Å². The highest BCUT2D eigenvalue weighted by Gasteiger charge is 2.36. The predicted molar refractivity (Wildman–Crippen MR) is 96.9 cm³/mol. The maximum atomic E-state index is 12.4. The van der Waals surface area contributed by atoms with Gasteiger partial charge in [0.2, 0.25) is 11.8 Å². The van der Waals surface area contributed by atoms with Gasteiger partial charge in [-0.2, -0.15) is 0 Å². The van der Waals surface area contributed by atoms with Gasteiger partial charge in [0.05, 0.1) is 17.7 Å². The molecule has 3 heterocycles. The number of hydrazine groups is 1. The highest BCUT2D eigenvalue weighted by molar-refractivity contribution is 6.01. The number of hydrogen-bond donors (Lipinski definition) is 2. The molecule has 1 saturated heterocycles. The van der Waals surface area contributed by atoms with Crippen molar-refractivity contribution < 1.29 is 28.3 Å². The molecule has 28 heavy (non-hydrogen) atoms. The molecule has 2 aliphatic heterocycles. The zero-order valence-electron chi connectivity index (χ0n) is 15.2. The van der Waals surface area contributed by atoms with E-state index in [0.29, 0.717) is 41.7 Å². The highest BCUT2D eigenvalue weighted by atomic mass is 16.6. The Morgan fingerprint density at radius 3 is 2.64 bits per heavy atom. The van der Waals surface area contributed by atoms with Gasteiger partial charge in [-0.25, -0.2) is 0 Å². The Balaban J connectivity index is 1.38. The van der Waals surface area contributed by atoms with Gasteiger partial charge >= 0.3 is 0 Å². The van der Waals surface area contributed by atoms with Gasteiger partial charge in [0.25, 0.3) is 5.91 Å². The molecule has 0 spiro atoms. The molecule has 4 rings (SSSR count). The Morgan fingerprint density at radius 2 is 1.89 bits per heavy atom. The summed E-state index contributed by atoms with van der Waals surface area (Å²) in [6, 6.07) is 6.75. The molecule has 0 unspecified atom stereocenters. The summed E-state index contributed by atoms with van der Waals surface area (Å²) >= 11 is 0. The van der Waals surface area contributed by atoms with Crippen LogP contribution in [0.2, 0.25) is 0 Å². The van der Waals surface area contributed by atoms with Crippen LogP contribution in [-0.4, -0.2) is 37.5 Å². The molecule has 2 aromatic rings. The quantitative estimate of drug-likeness (QED) is 0.768. The molecule has 9 nitrogen and oxygen atoms in total. The van der Waals surface area contributed by atoms with Crippen molar-refractivity contribution in [3.05, 3.63) is 41.9 Å². The lowest BCUT2D eigenvalue weighted by atomic mass is 10.1. The van der Waals surface area contributed by atoms with Crippen LogP contribution >= 0.6 is 0 Å². The van der Waals surface area contributed by atoms with E-state index in [9.17, 15) is 14.4 Å². The number of hydrogen-bond acceptors (Lipinski definition) is 6. The van der Waals surface area contributed by atoms with E-state index in [2.05, 4.69) is 10.9 Å². The summed E-state index contributed by atoms with van der Waals surface area (Å²) in [5, 5.41) is 0. The monoisotopic (exact) mass is 385 g/mol. The summed E-state index contributed by atoms with van der Waals surface area (Å²) in [7, 11) is 0. The van der Waals surface area contributed by atoms with E-state index >= 15 is 0 Å². The third kappa shape index (κ3) is 3.38. The SMILES string of the molecule is Cc1occc1C(=O)NNC(=O)[C@H]1CC(=O)N(c2ccc3c(c2)OCCO3)C1. The van der Waals surface area contributed by atoms with Gasteiger partial charge in [-0.3, -0.25) is 25.2 Å². The molecule has 1 aromatic carbocycles. The fraction of sp³-hybridized carbons (Fsp3) is 0.316. The summed E-state index contributed by atoms with van der Waals surface area (Å²) < 4.78 is 16.1. The number of amides is 3. The van der Waals surface area contributed by atoms with Crippen molar-refractivity contribution in [2.45, 2.75) is 13.3 Å². The summed E-state index contributed by atoms with van der Waals surface area (Å²) in [6.45, 7) is 2.80. The average molecular weight is 385 g/mol. The van der Waals surface area contributed by atoms with Crippen LogP contribution in [0.4, 0.5) is 5.69 Å². The second-order valence-electron chi connectivity index (χ2n) is 6.57. The van der Waals surface area contributed by atoms with Crippen LogP contribution in [-0.2, 0) is 9.59 Å². The molecule has 9 heteroatoms. The average Bonchev–Trinajstić information content (AvgIpc) is 3.31. The van der Waals surface area contributed by atoms with Crippen molar-refractivity contribution in [3.8, 4) is 11.5 Å². The Hall–Kier alpha value is -3.49. The second kappa shape index (κ2) is 7.26. The smallest absolute Gasteiger partial charge is 0.273 e. The molecule has 0 bridgehead atoms. The number of rotatable bonds is 3. The summed E-state index contributed by atoms with van der Waals surface area (Å²) in [5.74, 6) is 0.00347.